The molecule has 7 heteroatoms. The molecule has 3 rings (SSSR count). The average molecular weight is 453 g/mol. The van der Waals surface area contributed by atoms with E-state index in [0.717, 1.165) is 23.4 Å². The molecule has 1 amide bonds. The van der Waals surface area contributed by atoms with Crippen LogP contribution in [-0.4, -0.2) is 33.2 Å². The van der Waals surface area contributed by atoms with Crippen molar-refractivity contribution in [3.63, 3.8) is 0 Å². The summed E-state index contributed by atoms with van der Waals surface area (Å²) in [6.45, 7) is 2.06. The smallest absolute Gasteiger partial charge is 0.243 e. The van der Waals surface area contributed by atoms with Gasteiger partial charge in [0.2, 0.25) is 15.9 Å². The Morgan fingerprint density at radius 3 is 2.06 bits per heavy atom. The third-order valence-electron chi connectivity index (χ3n) is 4.94. The van der Waals surface area contributed by atoms with Gasteiger partial charge in [-0.1, -0.05) is 48.5 Å². The van der Waals surface area contributed by atoms with Crippen LogP contribution in [0.2, 0.25) is 0 Å². The van der Waals surface area contributed by atoms with Crippen LogP contribution in [0.1, 0.15) is 18.9 Å². The fourth-order valence-corrected chi connectivity index (χ4v) is 4.57. The summed E-state index contributed by atoms with van der Waals surface area (Å²) >= 11 is 0. The lowest BCUT2D eigenvalue weighted by Crippen LogP contribution is -2.48. The Morgan fingerprint density at radius 1 is 0.906 bits per heavy atom. The van der Waals surface area contributed by atoms with Crippen molar-refractivity contribution in [2.75, 3.05) is 17.1 Å². The zero-order valence-corrected chi connectivity index (χ0v) is 19.1. The quantitative estimate of drug-likeness (QED) is 0.463. The van der Waals surface area contributed by atoms with Crippen LogP contribution >= 0.6 is 0 Å². The minimum atomic E-state index is -3.68. The molecule has 0 aliphatic carbocycles. The average Bonchev–Trinajstić information content (AvgIpc) is 2.78. The maximum Gasteiger partial charge on any atom is 0.243 e. The highest BCUT2D eigenvalue weighted by Gasteiger charge is 2.28. The highest BCUT2D eigenvalue weighted by Crippen LogP contribution is 2.26. The number of hydrogen-bond donors (Lipinski definition) is 1. The van der Waals surface area contributed by atoms with E-state index in [1.54, 1.807) is 31.2 Å². The van der Waals surface area contributed by atoms with Crippen LogP contribution in [0.25, 0.3) is 0 Å². The van der Waals surface area contributed by atoms with Crippen LogP contribution < -0.4 is 14.4 Å². The van der Waals surface area contributed by atoms with Crippen molar-refractivity contribution in [1.82, 2.24) is 5.32 Å². The Balaban J connectivity index is 1.62. The monoisotopic (exact) mass is 452 g/mol. The fourth-order valence-electron chi connectivity index (χ4n) is 3.39. The van der Waals surface area contributed by atoms with E-state index in [-0.39, 0.29) is 5.91 Å². The van der Waals surface area contributed by atoms with Crippen molar-refractivity contribution in [3.8, 4) is 11.5 Å². The molecule has 3 aromatic rings. The van der Waals surface area contributed by atoms with E-state index in [1.807, 2.05) is 60.7 Å². The third kappa shape index (κ3) is 6.59. The topological polar surface area (TPSA) is 75.7 Å². The molecule has 0 spiro atoms. The van der Waals surface area contributed by atoms with Gasteiger partial charge in [0, 0.05) is 6.54 Å². The second-order valence-corrected chi connectivity index (χ2v) is 9.38. The molecule has 0 aliphatic rings. The summed E-state index contributed by atoms with van der Waals surface area (Å²) in [5.74, 6) is 0.919. The Labute approximate surface area is 189 Å². The Morgan fingerprint density at radius 2 is 1.47 bits per heavy atom. The van der Waals surface area contributed by atoms with E-state index in [9.17, 15) is 13.2 Å². The van der Waals surface area contributed by atoms with Gasteiger partial charge < -0.3 is 10.1 Å². The minimum absolute atomic E-state index is 0.340. The third-order valence-corrected chi connectivity index (χ3v) is 6.18. The first kappa shape index (κ1) is 23.3. The van der Waals surface area contributed by atoms with Gasteiger partial charge in [-0.3, -0.25) is 9.10 Å². The van der Waals surface area contributed by atoms with E-state index in [4.69, 9.17) is 4.74 Å². The second-order valence-electron chi connectivity index (χ2n) is 7.52. The number of amides is 1. The summed E-state index contributed by atoms with van der Waals surface area (Å²) in [6, 6.07) is 25.1. The molecule has 0 aromatic heterocycles. The summed E-state index contributed by atoms with van der Waals surface area (Å²) in [4.78, 5) is 12.7. The number of nitrogens with one attached hydrogen (secondary N) is 1. The molecular weight excluding hydrogens is 424 g/mol. The first-order valence-electron chi connectivity index (χ1n) is 10.5. The van der Waals surface area contributed by atoms with E-state index < -0.39 is 16.1 Å². The number of carbonyl (C=O) groups is 1. The molecule has 0 heterocycles. The fraction of sp³-hybridized carbons (Fsp3) is 0.240. The summed E-state index contributed by atoms with van der Waals surface area (Å²) in [7, 11) is -3.68. The van der Waals surface area contributed by atoms with Crippen molar-refractivity contribution in [2.45, 2.75) is 25.8 Å². The van der Waals surface area contributed by atoms with Gasteiger partial charge in [-0.05, 0) is 61.7 Å². The highest BCUT2D eigenvalue weighted by atomic mass is 32.2. The molecule has 1 unspecified atom stereocenters. The summed E-state index contributed by atoms with van der Waals surface area (Å²) in [5, 5.41) is 2.85. The number of hydrogen-bond acceptors (Lipinski definition) is 4. The SMILES string of the molecule is CC(C(=O)NCCCc1ccccc1)N(c1ccc(Oc2ccccc2)cc1)S(C)(=O)=O. The van der Waals surface area contributed by atoms with Crippen LogP contribution in [0.4, 0.5) is 5.69 Å². The molecule has 0 aliphatic heterocycles. The van der Waals surface area contributed by atoms with Gasteiger partial charge in [0.15, 0.2) is 0 Å². The van der Waals surface area contributed by atoms with Crippen LogP contribution in [-0.2, 0) is 21.2 Å². The molecule has 1 atom stereocenters. The number of aryl methyl sites for hydroxylation is 1. The van der Waals surface area contributed by atoms with E-state index in [2.05, 4.69) is 5.32 Å². The zero-order chi connectivity index (χ0) is 23.0. The Hall–Kier alpha value is -3.32. The molecule has 0 saturated heterocycles. The van der Waals surface area contributed by atoms with Crippen LogP contribution in [0.15, 0.2) is 84.9 Å². The van der Waals surface area contributed by atoms with Crippen molar-refractivity contribution >= 4 is 21.6 Å². The molecule has 0 fully saturated rings. The first-order chi connectivity index (χ1) is 15.3. The predicted octanol–water partition coefficient (Wildman–Crippen LogP) is 4.38. The molecule has 0 bridgehead atoms. The maximum absolute atomic E-state index is 12.7. The molecule has 1 N–H and O–H groups in total. The lowest BCUT2D eigenvalue weighted by Gasteiger charge is -2.28. The maximum atomic E-state index is 12.7. The lowest BCUT2D eigenvalue weighted by atomic mass is 10.1. The van der Waals surface area contributed by atoms with Crippen molar-refractivity contribution in [2.24, 2.45) is 0 Å². The number of ether oxygens (including phenoxy) is 1. The summed E-state index contributed by atoms with van der Waals surface area (Å²) in [6.07, 6.45) is 2.71. The molecule has 0 radical (unpaired) electrons. The van der Waals surface area contributed by atoms with Crippen LogP contribution in [0, 0.1) is 0 Å². The largest absolute Gasteiger partial charge is 0.457 e. The number of anilines is 1. The van der Waals surface area contributed by atoms with E-state index in [0.29, 0.717) is 23.7 Å². The van der Waals surface area contributed by atoms with Gasteiger partial charge in [-0.2, -0.15) is 0 Å². The predicted molar refractivity (Wildman–Crippen MR) is 128 cm³/mol. The van der Waals surface area contributed by atoms with Crippen LogP contribution in [0.5, 0.6) is 11.5 Å². The number of para-hydroxylation sites is 1. The van der Waals surface area contributed by atoms with Gasteiger partial charge in [-0.15, -0.1) is 0 Å². The van der Waals surface area contributed by atoms with E-state index >= 15 is 0 Å². The van der Waals surface area contributed by atoms with Crippen molar-refractivity contribution in [1.29, 1.82) is 0 Å². The van der Waals surface area contributed by atoms with Gasteiger partial charge in [0.25, 0.3) is 0 Å². The number of carbonyl (C=O) groups excluding carboxylic acids is 1. The molecule has 168 valence electrons. The Kier molecular flexibility index (Phi) is 7.89. The highest BCUT2D eigenvalue weighted by molar-refractivity contribution is 7.92. The summed E-state index contributed by atoms with van der Waals surface area (Å²) < 4.78 is 31.9. The Bertz CT molecular complexity index is 1100. The van der Waals surface area contributed by atoms with Gasteiger partial charge in [0.05, 0.1) is 11.9 Å². The zero-order valence-electron chi connectivity index (χ0n) is 18.3. The lowest BCUT2D eigenvalue weighted by molar-refractivity contribution is -0.121. The first-order valence-corrected chi connectivity index (χ1v) is 12.3. The number of benzene rings is 3. The van der Waals surface area contributed by atoms with Gasteiger partial charge >= 0.3 is 0 Å². The number of nitrogens with zero attached hydrogens (tertiary/aromatic N) is 1. The van der Waals surface area contributed by atoms with Gasteiger partial charge in [-0.25, -0.2) is 8.42 Å². The normalized spacial score (nSPS) is 12.1. The molecule has 0 saturated carbocycles. The number of rotatable bonds is 10. The van der Waals surface area contributed by atoms with E-state index in [1.165, 1.54) is 5.56 Å². The summed E-state index contributed by atoms with van der Waals surface area (Å²) in [5.41, 5.74) is 1.60. The van der Waals surface area contributed by atoms with Crippen molar-refractivity contribution < 1.29 is 17.9 Å². The number of sulfonamides is 1. The van der Waals surface area contributed by atoms with Crippen LogP contribution in [0.3, 0.4) is 0 Å². The molecular formula is C25H28N2O4S. The second kappa shape index (κ2) is 10.8. The van der Waals surface area contributed by atoms with Gasteiger partial charge in [0.1, 0.15) is 17.5 Å². The molecule has 32 heavy (non-hydrogen) atoms. The molecule has 6 nitrogen and oxygen atoms in total. The minimum Gasteiger partial charge on any atom is -0.457 e. The standard InChI is InChI=1S/C25H28N2O4S/c1-20(25(28)26-19-9-12-21-10-5-3-6-11-21)27(32(2,29)30)22-15-17-24(18-16-22)31-23-13-7-4-8-14-23/h3-8,10-11,13-18,20H,9,12,19H2,1-2H3,(H,26,28). The molecule has 3 aromatic carbocycles. The van der Waals surface area contributed by atoms with Crippen molar-refractivity contribution in [3.05, 3.63) is 90.5 Å².